The number of rotatable bonds is 3. The molecule has 4 aliphatic heterocycles. The minimum Gasteiger partial charge on any atom is -0.486 e. The Hall–Kier alpha value is -4.46. The summed E-state index contributed by atoms with van der Waals surface area (Å²) in [7, 11) is 0. The van der Waals surface area contributed by atoms with Crippen LogP contribution in [0.2, 0.25) is 0 Å². The predicted molar refractivity (Wildman–Crippen MR) is 130 cm³/mol. The van der Waals surface area contributed by atoms with E-state index < -0.39 is 29.8 Å². The summed E-state index contributed by atoms with van der Waals surface area (Å²) in [6.45, 7) is 0.835. The molecule has 2 fully saturated rings. The lowest BCUT2D eigenvalue weighted by Crippen LogP contribution is -2.44. The number of amides is 2. The van der Waals surface area contributed by atoms with Crippen LogP contribution >= 0.6 is 0 Å². The second-order valence-electron chi connectivity index (χ2n) is 9.26. The van der Waals surface area contributed by atoms with Gasteiger partial charge in [0.1, 0.15) is 19.3 Å². The van der Waals surface area contributed by atoms with Gasteiger partial charge in [0.05, 0.1) is 29.8 Å². The molecule has 7 rings (SSSR count). The molecular formula is C28H21N3O5. The number of anilines is 1. The van der Waals surface area contributed by atoms with Gasteiger partial charge in [-0.1, -0.05) is 54.6 Å². The smallest absolute Gasteiger partial charge is 0.240 e. The van der Waals surface area contributed by atoms with E-state index in [1.54, 1.807) is 53.7 Å². The minimum atomic E-state index is -0.898. The van der Waals surface area contributed by atoms with Gasteiger partial charge in [0.15, 0.2) is 17.3 Å². The molecule has 2 amide bonds. The van der Waals surface area contributed by atoms with E-state index in [-0.39, 0.29) is 11.7 Å². The molecule has 0 saturated carbocycles. The van der Waals surface area contributed by atoms with E-state index >= 15 is 0 Å². The Labute approximate surface area is 206 Å². The van der Waals surface area contributed by atoms with Gasteiger partial charge in [-0.15, -0.1) is 0 Å². The van der Waals surface area contributed by atoms with Crippen LogP contribution in [0.1, 0.15) is 27.5 Å². The fraction of sp³-hybridized carbons (Fsp3) is 0.214. The first-order chi connectivity index (χ1) is 17.6. The van der Waals surface area contributed by atoms with Crippen LogP contribution in [0.3, 0.4) is 0 Å². The predicted octanol–water partition coefficient (Wildman–Crippen LogP) is 3.22. The first kappa shape index (κ1) is 20.9. The highest BCUT2D eigenvalue weighted by molar-refractivity contribution is 6.24. The molecule has 0 N–H and O–H groups in total. The Morgan fingerprint density at radius 3 is 2.39 bits per heavy atom. The first-order valence-corrected chi connectivity index (χ1v) is 11.9. The number of imide groups is 1. The molecule has 0 spiro atoms. The molecule has 4 atom stereocenters. The largest absolute Gasteiger partial charge is 0.486 e. The quantitative estimate of drug-likeness (QED) is 0.424. The molecule has 8 heteroatoms. The lowest BCUT2D eigenvalue weighted by atomic mass is 9.83. The molecule has 4 heterocycles. The number of hydrogen-bond acceptors (Lipinski definition) is 7. The number of hydrogen-bond donors (Lipinski definition) is 0. The van der Waals surface area contributed by atoms with Gasteiger partial charge in [-0.2, -0.15) is 5.10 Å². The Morgan fingerprint density at radius 2 is 1.56 bits per heavy atom. The maximum Gasteiger partial charge on any atom is 0.240 e. The lowest BCUT2D eigenvalue weighted by molar-refractivity contribution is -0.124. The molecule has 0 bridgehead atoms. The van der Waals surface area contributed by atoms with Gasteiger partial charge < -0.3 is 9.47 Å². The summed E-state index contributed by atoms with van der Waals surface area (Å²) < 4.78 is 11.3. The van der Waals surface area contributed by atoms with E-state index in [0.717, 1.165) is 11.1 Å². The molecule has 0 aromatic heterocycles. The van der Waals surface area contributed by atoms with Crippen molar-refractivity contribution < 1.29 is 23.9 Å². The molecule has 36 heavy (non-hydrogen) atoms. The summed E-state index contributed by atoms with van der Waals surface area (Å²) in [6, 6.07) is 20.2. The average Bonchev–Trinajstić information content (AvgIpc) is 3.40. The van der Waals surface area contributed by atoms with Crippen LogP contribution < -0.4 is 14.4 Å². The van der Waals surface area contributed by atoms with E-state index in [0.29, 0.717) is 36.0 Å². The van der Waals surface area contributed by atoms with Gasteiger partial charge >= 0.3 is 0 Å². The van der Waals surface area contributed by atoms with Crippen LogP contribution in [-0.4, -0.2) is 48.1 Å². The van der Waals surface area contributed by atoms with E-state index in [2.05, 4.69) is 5.10 Å². The standard InChI is InChI=1S/C28H21N3O5/c32-26(16-6-2-1-3-7-16)25-23-22(24-19-9-5-4-8-17(19)15-29-31(24)25)27(33)30(28(23)34)18-10-11-20-21(14-18)36-13-12-35-20/h1-11,14-15,22-25H,12-13H2/t22-,23-,24-,25+/m0/s1. The summed E-state index contributed by atoms with van der Waals surface area (Å²) in [4.78, 5) is 43.0. The normalized spacial score (nSPS) is 25.4. The monoisotopic (exact) mass is 479 g/mol. The molecule has 2 saturated heterocycles. The number of benzene rings is 3. The molecule has 8 nitrogen and oxygen atoms in total. The van der Waals surface area contributed by atoms with Crippen LogP contribution in [0, 0.1) is 11.8 Å². The Balaban J connectivity index is 1.35. The van der Waals surface area contributed by atoms with Crippen molar-refractivity contribution in [2.24, 2.45) is 16.9 Å². The van der Waals surface area contributed by atoms with Crippen molar-refractivity contribution >= 4 is 29.5 Å². The molecule has 4 aliphatic rings. The maximum absolute atomic E-state index is 14.0. The maximum atomic E-state index is 14.0. The van der Waals surface area contributed by atoms with Gasteiger partial charge in [0.25, 0.3) is 0 Å². The Bertz CT molecular complexity index is 1450. The summed E-state index contributed by atoms with van der Waals surface area (Å²) in [5.74, 6) is -1.53. The second kappa shape index (κ2) is 7.78. The van der Waals surface area contributed by atoms with E-state index in [1.807, 2.05) is 30.3 Å². The number of hydrazone groups is 1. The Kier molecular flexibility index (Phi) is 4.51. The van der Waals surface area contributed by atoms with E-state index in [4.69, 9.17) is 9.47 Å². The highest BCUT2D eigenvalue weighted by Crippen LogP contribution is 2.53. The molecule has 0 aliphatic carbocycles. The SMILES string of the molecule is O=C(c1ccccc1)[C@H]1[C@H]2C(=O)N(c3ccc4c(c3)OCCO4)C(=O)[C@@H]2[C@@H]2c3ccccc3C=NN12. The molecule has 3 aromatic rings. The van der Waals surface area contributed by atoms with Crippen molar-refractivity contribution in [1.29, 1.82) is 0 Å². The van der Waals surface area contributed by atoms with Crippen LogP contribution in [-0.2, 0) is 9.59 Å². The number of ether oxygens (including phenoxy) is 2. The number of nitrogens with zero attached hydrogens (tertiary/aromatic N) is 3. The van der Waals surface area contributed by atoms with Crippen LogP contribution in [0.4, 0.5) is 5.69 Å². The highest BCUT2D eigenvalue weighted by atomic mass is 16.6. The van der Waals surface area contributed by atoms with Gasteiger partial charge in [0.2, 0.25) is 11.8 Å². The molecule has 0 unspecified atom stereocenters. The van der Waals surface area contributed by atoms with Crippen LogP contribution in [0.15, 0.2) is 77.9 Å². The molecule has 178 valence electrons. The summed E-state index contributed by atoms with van der Waals surface area (Å²) in [5.41, 5.74) is 2.65. The third-order valence-electron chi connectivity index (χ3n) is 7.40. The summed E-state index contributed by atoms with van der Waals surface area (Å²) >= 11 is 0. The number of fused-ring (bicyclic) bond motifs is 6. The number of ketones is 1. The van der Waals surface area contributed by atoms with Gasteiger partial charge in [-0.3, -0.25) is 19.4 Å². The van der Waals surface area contributed by atoms with Crippen molar-refractivity contribution in [1.82, 2.24) is 5.01 Å². The van der Waals surface area contributed by atoms with Gasteiger partial charge in [-0.25, -0.2) is 4.90 Å². The zero-order valence-electron chi connectivity index (χ0n) is 19.1. The average molecular weight is 479 g/mol. The van der Waals surface area contributed by atoms with Gasteiger partial charge in [0, 0.05) is 11.6 Å². The molecular weight excluding hydrogens is 458 g/mol. The van der Waals surface area contributed by atoms with Crippen molar-refractivity contribution in [3.05, 3.63) is 89.5 Å². The third-order valence-corrected chi connectivity index (χ3v) is 7.40. The minimum absolute atomic E-state index is 0.227. The lowest BCUT2D eigenvalue weighted by Gasteiger charge is -2.33. The Morgan fingerprint density at radius 1 is 0.833 bits per heavy atom. The highest BCUT2D eigenvalue weighted by Gasteiger charge is 2.65. The molecule has 3 aromatic carbocycles. The fourth-order valence-corrected chi connectivity index (χ4v) is 5.87. The van der Waals surface area contributed by atoms with Crippen molar-refractivity contribution in [3.63, 3.8) is 0 Å². The number of carbonyl (C=O) groups is 3. The third kappa shape index (κ3) is 2.87. The summed E-state index contributed by atoms with van der Waals surface area (Å²) in [6.07, 6.45) is 1.70. The fourth-order valence-electron chi connectivity index (χ4n) is 5.87. The van der Waals surface area contributed by atoms with Crippen LogP contribution in [0.5, 0.6) is 11.5 Å². The number of carbonyl (C=O) groups excluding carboxylic acids is 3. The zero-order chi connectivity index (χ0) is 24.4. The topological polar surface area (TPSA) is 88.5 Å². The number of Topliss-reactive ketones (excluding diaryl/α,β-unsaturated/α-hetero) is 1. The van der Waals surface area contributed by atoms with E-state index in [1.165, 1.54) is 4.90 Å². The first-order valence-electron chi connectivity index (χ1n) is 11.9. The van der Waals surface area contributed by atoms with E-state index in [9.17, 15) is 14.4 Å². The molecule has 0 radical (unpaired) electrons. The van der Waals surface area contributed by atoms with Crippen molar-refractivity contribution in [3.8, 4) is 11.5 Å². The van der Waals surface area contributed by atoms with Crippen molar-refractivity contribution in [2.75, 3.05) is 18.1 Å². The zero-order valence-corrected chi connectivity index (χ0v) is 19.1. The summed E-state index contributed by atoms with van der Waals surface area (Å²) in [5, 5.41) is 6.27. The van der Waals surface area contributed by atoms with Crippen molar-refractivity contribution in [2.45, 2.75) is 12.1 Å². The van der Waals surface area contributed by atoms with Gasteiger partial charge in [-0.05, 0) is 23.3 Å². The van der Waals surface area contributed by atoms with Crippen LogP contribution in [0.25, 0.3) is 0 Å². The second-order valence-corrected chi connectivity index (χ2v) is 9.26.